The zero-order valence-corrected chi connectivity index (χ0v) is 21.2. The number of nitrogens with one attached hydrogen (secondary N) is 2. The summed E-state index contributed by atoms with van der Waals surface area (Å²) in [4.78, 5) is 41.9. The van der Waals surface area contributed by atoms with Crippen molar-refractivity contribution in [3.8, 4) is 0 Å². The van der Waals surface area contributed by atoms with E-state index in [0.717, 1.165) is 17.5 Å². The fraction of sp³-hybridized carbons (Fsp3) is 0.444. The van der Waals surface area contributed by atoms with Gasteiger partial charge in [-0.2, -0.15) is 0 Å². The van der Waals surface area contributed by atoms with E-state index in [4.69, 9.17) is 0 Å². The molecule has 2 aromatic rings. The van der Waals surface area contributed by atoms with E-state index < -0.39 is 16.8 Å². The van der Waals surface area contributed by atoms with Gasteiger partial charge in [-0.1, -0.05) is 68.8 Å². The van der Waals surface area contributed by atoms with Gasteiger partial charge in [0, 0.05) is 10.3 Å². The molecule has 0 bridgehead atoms. The third kappa shape index (κ3) is 4.33. The molecule has 2 heterocycles. The van der Waals surface area contributed by atoms with Gasteiger partial charge in [0.1, 0.15) is 17.5 Å². The molecule has 0 saturated carbocycles. The molecule has 2 aliphatic rings. The van der Waals surface area contributed by atoms with Gasteiger partial charge in [-0.25, -0.2) is 0 Å². The normalized spacial score (nSPS) is 23.0. The van der Waals surface area contributed by atoms with E-state index in [1.807, 2.05) is 89.2 Å². The van der Waals surface area contributed by atoms with E-state index in [2.05, 4.69) is 10.6 Å². The van der Waals surface area contributed by atoms with Crippen LogP contribution < -0.4 is 10.6 Å². The Kier molecular flexibility index (Phi) is 6.76. The number of amides is 3. The van der Waals surface area contributed by atoms with Crippen LogP contribution in [-0.2, 0) is 9.59 Å². The molecule has 4 rings (SSSR count). The van der Waals surface area contributed by atoms with Crippen LogP contribution in [0.3, 0.4) is 0 Å². The second kappa shape index (κ2) is 9.45. The Morgan fingerprint density at radius 2 is 1.68 bits per heavy atom. The summed E-state index contributed by atoms with van der Waals surface area (Å²) in [7, 11) is 0. The molecule has 0 spiro atoms. The largest absolute Gasteiger partial charge is 0.348 e. The van der Waals surface area contributed by atoms with Crippen molar-refractivity contribution in [1.29, 1.82) is 0 Å². The number of hydrogen-bond donors (Lipinski definition) is 2. The van der Waals surface area contributed by atoms with Crippen molar-refractivity contribution in [2.75, 3.05) is 0 Å². The minimum atomic E-state index is -0.691. The molecule has 1 saturated heterocycles. The van der Waals surface area contributed by atoms with Crippen LogP contribution in [0.15, 0.2) is 54.6 Å². The van der Waals surface area contributed by atoms with Crippen LogP contribution in [0.1, 0.15) is 73.9 Å². The highest BCUT2D eigenvalue weighted by Gasteiger charge is 2.57. The Bertz CT molecular complexity index is 1090. The number of fused-ring (bicyclic) bond motifs is 3. The Morgan fingerprint density at radius 3 is 2.35 bits per heavy atom. The van der Waals surface area contributed by atoms with Gasteiger partial charge in [0.05, 0.1) is 6.04 Å². The second-order valence-electron chi connectivity index (χ2n) is 9.79. The van der Waals surface area contributed by atoms with E-state index >= 15 is 0 Å². The number of thioether (sulfide) groups is 1. The van der Waals surface area contributed by atoms with Gasteiger partial charge >= 0.3 is 0 Å². The predicted molar refractivity (Wildman–Crippen MR) is 135 cm³/mol. The summed E-state index contributed by atoms with van der Waals surface area (Å²) in [6.07, 6.45) is 0.734. The molecule has 2 aromatic carbocycles. The van der Waals surface area contributed by atoms with Crippen LogP contribution in [0.25, 0.3) is 0 Å². The topological polar surface area (TPSA) is 78.5 Å². The van der Waals surface area contributed by atoms with Crippen molar-refractivity contribution in [3.05, 3.63) is 71.3 Å². The van der Waals surface area contributed by atoms with E-state index in [0.29, 0.717) is 5.56 Å². The lowest BCUT2D eigenvalue weighted by Crippen LogP contribution is -2.58. The van der Waals surface area contributed by atoms with Gasteiger partial charge in [-0.3, -0.25) is 14.4 Å². The van der Waals surface area contributed by atoms with Crippen LogP contribution in [0.5, 0.6) is 0 Å². The summed E-state index contributed by atoms with van der Waals surface area (Å²) in [6, 6.07) is 15.8. The number of benzene rings is 2. The first kappa shape index (κ1) is 24.3. The quantitative estimate of drug-likeness (QED) is 0.615. The van der Waals surface area contributed by atoms with Gasteiger partial charge in [-0.05, 0) is 43.9 Å². The maximum absolute atomic E-state index is 13.7. The van der Waals surface area contributed by atoms with Gasteiger partial charge in [0.25, 0.3) is 5.91 Å². The first-order valence-corrected chi connectivity index (χ1v) is 12.8. The van der Waals surface area contributed by atoms with Crippen LogP contribution in [0, 0.1) is 5.92 Å². The molecule has 0 aliphatic carbocycles. The van der Waals surface area contributed by atoms with Gasteiger partial charge in [-0.15, -0.1) is 11.8 Å². The molecule has 5 atom stereocenters. The minimum Gasteiger partial charge on any atom is -0.348 e. The van der Waals surface area contributed by atoms with E-state index in [1.54, 1.807) is 16.7 Å². The summed E-state index contributed by atoms with van der Waals surface area (Å²) in [5.74, 6) is -0.684. The molecular formula is C27H33N3O3S. The summed E-state index contributed by atoms with van der Waals surface area (Å²) in [5.41, 5.74) is 2.61. The molecule has 1 fully saturated rings. The monoisotopic (exact) mass is 479 g/mol. The van der Waals surface area contributed by atoms with E-state index in [9.17, 15) is 14.4 Å². The zero-order valence-electron chi connectivity index (χ0n) is 20.4. The van der Waals surface area contributed by atoms with Crippen LogP contribution in [0.2, 0.25) is 0 Å². The molecular weight excluding hydrogens is 446 g/mol. The molecule has 3 amide bonds. The fourth-order valence-electron chi connectivity index (χ4n) is 4.87. The number of nitrogens with zero attached hydrogens (tertiary/aromatic N) is 1. The average molecular weight is 480 g/mol. The number of carbonyl (C=O) groups excluding carboxylic acids is 3. The second-order valence-corrected chi connectivity index (χ2v) is 11.5. The van der Waals surface area contributed by atoms with Crippen LogP contribution >= 0.6 is 11.8 Å². The molecule has 0 radical (unpaired) electrons. The molecule has 0 aromatic heterocycles. The smallest absolute Gasteiger partial charge is 0.256 e. The lowest BCUT2D eigenvalue weighted by Gasteiger charge is -2.32. The van der Waals surface area contributed by atoms with Gasteiger partial charge in [0.15, 0.2) is 0 Å². The standard InChI is InChI=1S/C27H33N3O3S/c1-6-16(2)21(23(31)28-17(3)18-12-8-7-9-13-18)29-24(32)22-27(4,5)34-26-20-15-11-10-14-19(20)25(33)30(22)26/h7-17,21-22,26H,6H2,1-5H3,(H,28,31)(H,29,32). The van der Waals surface area contributed by atoms with Crippen molar-refractivity contribution in [3.63, 3.8) is 0 Å². The fourth-order valence-corrected chi connectivity index (χ4v) is 6.46. The Hall–Kier alpha value is -2.80. The maximum Gasteiger partial charge on any atom is 0.256 e. The lowest BCUT2D eigenvalue weighted by atomic mass is 9.95. The summed E-state index contributed by atoms with van der Waals surface area (Å²) >= 11 is 1.62. The summed E-state index contributed by atoms with van der Waals surface area (Å²) in [6.45, 7) is 9.89. The molecule has 2 aliphatic heterocycles. The highest BCUT2D eigenvalue weighted by molar-refractivity contribution is 8.01. The minimum absolute atomic E-state index is 0.0636. The predicted octanol–water partition coefficient (Wildman–Crippen LogP) is 4.44. The van der Waals surface area contributed by atoms with E-state index in [-0.39, 0.29) is 35.1 Å². The molecule has 7 heteroatoms. The number of carbonyl (C=O) groups is 3. The average Bonchev–Trinajstić information content (AvgIpc) is 3.26. The van der Waals surface area contributed by atoms with Crippen LogP contribution in [0.4, 0.5) is 0 Å². The van der Waals surface area contributed by atoms with Crippen molar-refractivity contribution < 1.29 is 14.4 Å². The lowest BCUT2D eigenvalue weighted by molar-refractivity contribution is -0.133. The highest BCUT2D eigenvalue weighted by Crippen LogP contribution is 2.56. The van der Waals surface area contributed by atoms with Crippen LogP contribution in [-0.4, -0.2) is 39.5 Å². The van der Waals surface area contributed by atoms with Crippen molar-refractivity contribution in [1.82, 2.24) is 15.5 Å². The molecule has 2 N–H and O–H groups in total. The molecule has 5 unspecified atom stereocenters. The maximum atomic E-state index is 13.7. The Balaban J connectivity index is 1.55. The van der Waals surface area contributed by atoms with E-state index in [1.165, 1.54) is 0 Å². The molecule has 6 nitrogen and oxygen atoms in total. The molecule has 34 heavy (non-hydrogen) atoms. The van der Waals surface area contributed by atoms with Gasteiger partial charge in [0.2, 0.25) is 11.8 Å². The van der Waals surface area contributed by atoms with Crippen molar-refractivity contribution >= 4 is 29.5 Å². The highest BCUT2D eigenvalue weighted by atomic mass is 32.2. The Morgan fingerprint density at radius 1 is 1.03 bits per heavy atom. The van der Waals surface area contributed by atoms with Crippen molar-refractivity contribution in [2.24, 2.45) is 5.92 Å². The molecule has 180 valence electrons. The Labute approximate surface area is 205 Å². The number of rotatable bonds is 7. The first-order valence-electron chi connectivity index (χ1n) is 11.9. The SMILES string of the molecule is CCC(C)C(NC(=O)C1N2C(=O)c3ccccc3C2SC1(C)C)C(=O)NC(C)c1ccccc1. The first-order chi connectivity index (χ1) is 16.2. The van der Waals surface area contributed by atoms with Crippen molar-refractivity contribution in [2.45, 2.75) is 69.3 Å². The third-order valence-electron chi connectivity index (χ3n) is 7.00. The summed E-state index contributed by atoms with van der Waals surface area (Å²) < 4.78 is -0.494. The van der Waals surface area contributed by atoms with Gasteiger partial charge < -0.3 is 15.5 Å². The number of hydrogen-bond acceptors (Lipinski definition) is 4. The third-order valence-corrected chi connectivity index (χ3v) is 8.53. The summed E-state index contributed by atoms with van der Waals surface area (Å²) in [5, 5.41) is 5.89. The zero-order chi connectivity index (χ0) is 24.6.